The Labute approximate surface area is 152 Å². The summed E-state index contributed by atoms with van der Waals surface area (Å²) in [6.45, 7) is 0. The quantitative estimate of drug-likeness (QED) is 0.683. The molecule has 0 aliphatic carbocycles. The molecule has 0 aliphatic heterocycles. The fourth-order valence-corrected chi connectivity index (χ4v) is 2.88. The van der Waals surface area contributed by atoms with E-state index in [9.17, 15) is 4.79 Å². The molecule has 0 radical (unpaired) electrons. The van der Waals surface area contributed by atoms with Crippen molar-refractivity contribution in [1.29, 1.82) is 0 Å². The summed E-state index contributed by atoms with van der Waals surface area (Å²) in [4.78, 5) is 12.6. The van der Waals surface area contributed by atoms with E-state index in [0.717, 1.165) is 22.8 Å². The number of methoxy groups -OCH3 is 2. The van der Waals surface area contributed by atoms with Crippen molar-refractivity contribution in [2.45, 2.75) is 12.3 Å². The van der Waals surface area contributed by atoms with Gasteiger partial charge in [-0.05, 0) is 42.5 Å². The van der Waals surface area contributed by atoms with Gasteiger partial charge in [-0.3, -0.25) is 4.79 Å². The predicted octanol–water partition coefficient (Wildman–Crippen LogP) is 4.46. The SMILES string of the molecule is COc1ccc(NC(=O)CC(c2ccco2)c2ccccc2OC)cc1. The number of hydrogen-bond donors (Lipinski definition) is 1. The second kappa shape index (κ2) is 8.25. The highest BCUT2D eigenvalue weighted by Crippen LogP contribution is 2.34. The van der Waals surface area contributed by atoms with Crippen molar-refractivity contribution >= 4 is 11.6 Å². The molecule has 1 aromatic heterocycles. The van der Waals surface area contributed by atoms with Crippen LogP contribution in [0.4, 0.5) is 5.69 Å². The number of furan rings is 1. The minimum Gasteiger partial charge on any atom is -0.497 e. The predicted molar refractivity (Wildman–Crippen MR) is 99.8 cm³/mol. The van der Waals surface area contributed by atoms with Crippen molar-refractivity contribution in [3.05, 3.63) is 78.3 Å². The summed E-state index contributed by atoms with van der Waals surface area (Å²) in [5.41, 5.74) is 1.63. The average molecular weight is 351 g/mol. The largest absolute Gasteiger partial charge is 0.497 e. The molecule has 1 unspecified atom stereocenters. The highest BCUT2D eigenvalue weighted by atomic mass is 16.5. The molecule has 1 N–H and O–H groups in total. The molecule has 0 spiro atoms. The van der Waals surface area contributed by atoms with E-state index in [4.69, 9.17) is 13.9 Å². The number of ether oxygens (including phenoxy) is 2. The highest BCUT2D eigenvalue weighted by Gasteiger charge is 2.23. The summed E-state index contributed by atoms with van der Waals surface area (Å²) in [5.74, 6) is 1.85. The highest BCUT2D eigenvalue weighted by molar-refractivity contribution is 5.91. The maximum Gasteiger partial charge on any atom is 0.225 e. The molecule has 1 atom stereocenters. The van der Waals surface area contributed by atoms with Gasteiger partial charge in [0.15, 0.2) is 0 Å². The van der Waals surface area contributed by atoms with Crippen molar-refractivity contribution in [3.63, 3.8) is 0 Å². The van der Waals surface area contributed by atoms with Crippen LogP contribution in [0, 0.1) is 0 Å². The second-order valence-corrected chi connectivity index (χ2v) is 5.79. The average Bonchev–Trinajstić information content (AvgIpc) is 3.21. The fourth-order valence-electron chi connectivity index (χ4n) is 2.88. The number of benzene rings is 2. The third-order valence-electron chi connectivity index (χ3n) is 4.16. The number of carbonyl (C=O) groups is 1. The van der Waals surface area contributed by atoms with Crippen LogP contribution in [0.2, 0.25) is 0 Å². The van der Waals surface area contributed by atoms with E-state index < -0.39 is 0 Å². The minimum atomic E-state index is -0.237. The lowest BCUT2D eigenvalue weighted by molar-refractivity contribution is -0.116. The van der Waals surface area contributed by atoms with Crippen LogP contribution in [0.1, 0.15) is 23.7 Å². The third-order valence-corrected chi connectivity index (χ3v) is 4.16. The zero-order valence-electron chi connectivity index (χ0n) is 14.8. The lowest BCUT2D eigenvalue weighted by atomic mass is 9.92. The van der Waals surface area contributed by atoms with Gasteiger partial charge in [0, 0.05) is 17.7 Å². The van der Waals surface area contributed by atoms with Crippen LogP contribution in [0.15, 0.2) is 71.3 Å². The van der Waals surface area contributed by atoms with Crippen LogP contribution >= 0.6 is 0 Å². The van der Waals surface area contributed by atoms with Crippen molar-refractivity contribution in [1.82, 2.24) is 0 Å². The number of rotatable bonds is 7. The maximum absolute atomic E-state index is 12.6. The first-order valence-corrected chi connectivity index (χ1v) is 8.31. The van der Waals surface area contributed by atoms with Crippen LogP contribution in [-0.4, -0.2) is 20.1 Å². The first-order chi connectivity index (χ1) is 12.7. The van der Waals surface area contributed by atoms with Crippen LogP contribution in [0.3, 0.4) is 0 Å². The van der Waals surface area contributed by atoms with Gasteiger partial charge in [-0.1, -0.05) is 18.2 Å². The molecule has 134 valence electrons. The summed E-state index contributed by atoms with van der Waals surface area (Å²) in [6.07, 6.45) is 1.85. The van der Waals surface area contributed by atoms with E-state index in [2.05, 4.69) is 5.32 Å². The molecule has 5 nitrogen and oxygen atoms in total. The molecule has 0 aliphatic rings. The Bertz CT molecular complexity index is 841. The Morgan fingerprint density at radius 2 is 1.77 bits per heavy atom. The van der Waals surface area contributed by atoms with Crippen molar-refractivity contribution in [3.8, 4) is 11.5 Å². The number of para-hydroxylation sites is 1. The van der Waals surface area contributed by atoms with Gasteiger partial charge in [-0.2, -0.15) is 0 Å². The lowest BCUT2D eigenvalue weighted by Gasteiger charge is -2.18. The molecule has 3 aromatic rings. The third kappa shape index (κ3) is 4.06. The number of carbonyl (C=O) groups excluding carboxylic acids is 1. The van der Waals surface area contributed by atoms with Gasteiger partial charge in [0.1, 0.15) is 17.3 Å². The van der Waals surface area contributed by atoms with E-state index in [1.54, 1.807) is 32.6 Å². The molecule has 3 rings (SSSR count). The summed E-state index contributed by atoms with van der Waals surface area (Å²) in [5, 5.41) is 2.92. The fraction of sp³-hybridized carbons (Fsp3) is 0.190. The van der Waals surface area contributed by atoms with E-state index in [1.807, 2.05) is 48.5 Å². The Balaban J connectivity index is 1.80. The summed E-state index contributed by atoms with van der Waals surface area (Å²) >= 11 is 0. The van der Waals surface area contributed by atoms with Crippen molar-refractivity contribution in [2.75, 3.05) is 19.5 Å². The molecule has 0 fully saturated rings. The number of anilines is 1. The molecular weight excluding hydrogens is 330 g/mol. The normalized spacial score (nSPS) is 11.6. The molecule has 2 aromatic carbocycles. The van der Waals surface area contributed by atoms with Gasteiger partial charge >= 0.3 is 0 Å². The zero-order valence-corrected chi connectivity index (χ0v) is 14.8. The standard InChI is InChI=1S/C21H21NO4/c1-24-16-11-9-15(10-12-16)22-21(23)14-18(20-8-5-13-26-20)17-6-3-4-7-19(17)25-2/h3-13,18H,14H2,1-2H3,(H,22,23). The van der Waals surface area contributed by atoms with Crippen LogP contribution < -0.4 is 14.8 Å². The molecule has 0 bridgehead atoms. The first kappa shape index (κ1) is 17.6. The monoisotopic (exact) mass is 351 g/mol. The zero-order chi connectivity index (χ0) is 18.4. The van der Waals surface area contributed by atoms with Gasteiger partial charge < -0.3 is 19.2 Å². The van der Waals surface area contributed by atoms with Crippen molar-refractivity contribution in [2.24, 2.45) is 0 Å². The van der Waals surface area contributed by atoms with Gasteiger partial charge in [-0.25, -0.2) is 0 Å². The first-order valence-electron chi connectivity index (χ1n) is 8.31. The van der Waals surface area contributed by atoms with Crippen LogP contribution in [0.5, 0.6) is 11.5 Å². The van der Waals surface area contributed by atoms with Gasteiger partial charge in [0.25, 0.3) is 0 Å². The van der Waals surface area contributed by atoms with Gasteiger partial charge in [-0.15, -0.1) is 0 Å². The molecule has 1 heterocycles. The van der Waals surface area contributed by atoms with E-state index in [0.29, 0.717) is 5.69 Å². The Morgan fingerprint density at radius 1 is 1.00 bits per heavy atom. The van der Waals surface area contributed by atoms with E-state index >= 15 is 0 Å². The summed E-state index contributed by atoms with van der Waals surface area (Å²) in [7, 11) is 3.23. The molecule has 1 amide bonds. The molecule has 5 heteroatoms. The minimum absolute atomic E-state index is 0.109. The van der Waals surface area contributed by atoms with Gasteiger partial charge in [0.2, 0.25) is 5.91 Å². The summed E-state index contributed by atoms with van der Waals surface area (Å²) in [6, 6.07) is 18.6. The van der Waals surface area contributed by atoms with Gasteiger partial charge in [0.05, 0.1) is 26.4 Å². The Morgan fingerprint density at radius 3 is 2.42 bits per heavy atom. The van der Waals surface area contributed by atoms with Crippen molar-refractivity contribution < 1.29 is 18.7 Å². The summed E-state index contributed by atoms with van der Waals surface area (Å²) < 4.78 is 16.2. The Kier molecular flexibility index (Phi) is 5.59. The molecule has 26 heavy (non-hydrogen) atoms. The second-order valence-electron chi connectivity index (χ2n) is 5.79. The number of hydrogen-bond acceptors (Lipinski definition) is 4. The Hall–Kier alpha value is -3.21. The van der Waals surface area contributed by atoms with Crippen LogP contribution in [0.25, 0.3) is 0 Å². The van der Waals surface area contributed by atoms with E-state index in [-0.39, 0.29) is 18.2 Å². The van der Waals surface area contributed by atoms with E-state index in [1.165, 1.54) is 0 Å². The molecular formula is C21H21NO4. The molecule has 0 saturated carbocycles. The number of nitrogens with one attached hydrogen (secondary N) is 1. The van der Waals surface area contributed by atoms with Crippen LogP contribution in [-0.2, 0) is 4.79 Å². The molecule has 0 saturated heterocycles. The topological polar surface area (TPSA) is 60.7 Å². The maximum atomic E-state index is 12.6. The number of amides is 1. The smallest absolute Gasteiger partial charge is 0.225 e. The lowest BCUT2D eigenvalue weighted by Crippen LogP contribution is -2.16.